The molecule has 2 aromatic rings. The molecular formula is C16H13ClFN3S. The second kappa shape index (κ2) is 5.48. The van der Waals surface area contributed by atoms with E-state index in [0.29, 0.717) is 11.6 Å². The fourth-order valence-corrected chi connectivity index (χ4v) is 3.32. The molecule has 6 heteroatoms. The van der Waals surface area contributed by atoms with Crippen molar-refractivity contribution in [2.75, 3.05) is 5.32 Å². The number of hydrogen-bond acceptors (Lipinski definition) is 2. The SMILES string of the molecule is Fc1cccc(-c2cccc3c2NC(=NC2CC2)NS3)c1Cl. The number of nitrogens with zero attached hydrogens (tertiary/aromatic N) is 1. The molecule has 2 N–H and O–H groups in total. The summed E-state index contributed by atoms with van der Waals surface area (Å²) < 4.78 is 17.0. The van der Waals surface area contributed by atoms with E-state index in [1.54, 1.807) is 6.07 Å². The van der Waals surface area contributed by atoms with Gasteiger partial charge in [-0.2, -0.15) is 0 Å². The molecule has 22 heavy (non-hydrogen) atoms. The average molecular weight is 334 g/mol. The number of nitrogens with one attached hydrogen (secondary N) is 2. The van der Waals surface area contributed by atoms with Crippen LogP contribution < -0.4 is 10.0 Å². The number of hydrogen-bond donors (Lipinski definition) is 2. The molecule has 0 bridgehead atoms. The zero-order valence-electron chi connectivity index (χ0n) is 11.6. The molecule has 0 aromatic heterocycles. The first-order chi connectivity index (χ1) is 10.7. The first-order valence-corrected chi connectivity index (χ1v) is 8.27. The summed E-state index contributed by atoms with van der Waals surface area (Å²) in [7, 11) is 0. The van der Waals surface area contributed by atoms with Crippen LogP contribution in [-0.2, 0) is 0 Å². The van der Waals surface area contributed by atoms with Crippen molar-refractivity contribution in [1.29, 1.82) is 0 Å². The van der Waals surface area contributed by atoms with Gasteiger partial charge in [-0.3, -0.25) is 4.72 Å². The Kier molecular flexibility index (Phi) is 3.47. The third-order valence-corrected chi connectivity index (χ3v) is 4.87. The van der Waals surface area contributed by atoms with Crippen LogP contribution in [0, 0.1) is 5.82 Å². The molecule has 1 aliphatic heterocycles. The molecule has 0 radical (unpaired) electrons. The van der Waals surface area contributed by atoms with Crippen molar-refractivity contribution in [3.63, 3.8) is 0 Å². The van der Waals surface area contributed by atoms with Crippen molar-refractivity contribution in [2.24, 2.45) is 4.99 Å². The minimum atomic E-state index is -0.412. The van der Waals surface area contributed by atoms with Gasteiger partial charge < -0.3 is 5.32 Å². The van der Waals surface area contributed by atoms with Crippen molar-refractivity contribution in [3.8, 4) is 11.1 Å². The number of fused-ring (bicyclic) bond motifs is 1. The van der Waals surface area contributed by atoms with Crippen molar-refractivity contribution < 1.29 is 4.39 Å². The van der Waals surface area contributed by atoms with Crippen LogP contribution in [0.4, 0.5) is 10.1 Å². The Morgan fingerprint density at radius 2 is 1.91 bits per heavy atom. The van der Waals surface area contributed by atoms with Crippen molar-refractivity contribution in [1.82, 2.24) is 4.72 Å². The van der Waals surface area contributed by atoms with Crippen LogP contribution >= 0.6 is 23.5 Å². The molecule has 1 saturated carbocycles. The van der Waals surface area contributed by atoms with Gasteiger partial charge in [-0.05, 0) is 36.9 Å². The van der Waals surface area contributed by atoms with Gasteiger partial charge >= 0.3 is 0 Å². The van der Waals surface area contributed by atoms with Crippen LogP contribution in [-0.4, -0.2) is 12.0 Å². The molecule has 0 saturated heterocycles. The van der Waals surface area contributed by atoms with Gasteiger partial charge in [0.2, 0.25) is 5.96 Å². The molecular weight excluding hydrogens is 321 g/mol. The average Bonchev–Trinajstić information content (AvgIpc) is 3.34. The molecule has 4 rings (SSSR count). The van der Waals surface area contributed by atoms with Crippen LogP contribution in [0.3, 0.4) is 0 Å². The number of anilines is 1. The zero-order valence-corrected chi connectivity index (χ0v) is 13.1. The fraction of sp³-hybridized carbons (Fsp3) is 0.188. The number of halogens is 2. The molecule has 2 aliphatic rings. The summed E-state index contributed by atoms with van der Waals surface area (Å²) in [6, 6.07) is 11.2. The van der Waals surface area contributed by atoms with Gasteiger partial charge in [0.25, 0.3) is 0 Å². The van der Waals surface area contributed by atoms with Crippen LogP contribution in [0.15, 0.2) is 46.3 Å². The maximum absolute atomic E-state index is 13.8. The van der Waals surface area contributed by atoms with E-state index in [9.17, 15) is 4.39 Å². The standard InChI is InChI=1S/C16H13ClFN3S/c17-14-10(3-1-5-12(14)18)11-4-2-6-13-15(11)20-16(21-22-13)19-9-7-8-9/h1-6,9H,7-8H2,(H2,19,20,21). The molecule has 2 aromatic carbocycles. The molecule has 0 atom stereocenters. The van der Waals surface area contributed by atoms with Crippen molar-refractivity contribution in [2.45, 2.75) is 23.8 Å². The van der Waals surface area contributed by atoms with Crippen LogP contribution in [0.25, 0.3) is 11.1 Å². The largest absolute Gasteiger partial charge is 0.324 e. The maximum atomic E-state index is 13.8. The van der Waals surface area contributed by atoms with E-state index in [-0.39, 0.29) is 5.02 Å². The summed E-state index contributed by atoms with van der Waals surface area (Å²) >= 11 is 7.65. The normalized spacial score (nSPS) is 18.5. The quantitative estimate of drug-likeness (QED) is 0.783. The lowest BCUT2D eigenvalue weighted by Crippen LogP contribution is -2.30. The molecule has 1 aliphatic carbocycles. The third kappa shape index (κ3) is 2.55. The van der Waals surface area contributed by atoms with E-state index in [4.69, 9.17) is 11.6 Å². The summed E-state index contributed by atoms with van der Waals surface area (Å²) in [5.74, 6) is 0.338. The van der Waals surface area contributed by atoms with E-state index in [1.165, 1.54) is 18.0 Å². The van der Waals surface area contributed by atoms with Gasteiger partial charge in [-0.25, -0.2) is 9.38 Å². The highest BCUT2D eigenvalue weighted by Gasteiger charge is 2.24. The molecule has 1 heterocycles. The predicted molar refractivity (Wildman–Crippen MR) is 89.9 cm³/mol. The molecule has 112 valence electrons. The molecule has 3 nitrogen and oxygen atoms in total. The van der Waals surface area contributed by atoms with Crippen molar-refractivity contribution in [3.05, 3.63) is 47.2 Å². The second-order valence-electron chi connectivity index (χ2n) is 5.32. The Morgan fingerprint density at radius 3 is 2.73 bits per heavy atom. The lowest BCUT2D eigenvalue weighted by Gasteiger charge is -2.23. The molecule has 1 fully saturated rings. The fourth-order valence-electron chi connectivity index (χ4n) is 2.37. The summed E-state index contributed by atoms with van der Waals surface area (Å²) in [6.07, 6.45) is 2.28. The summed E-state index contributed by atoms with van der Waals surface area (Å²) in [6.45, 7) is 0. The van der Waals surface area contributed by atoms with E-state index in [0.717, 1.165) is 34.9 Å². The summed E-state index contributed by atoms with van der Waals surface area (Å²) in [5.41, 5.74) is 2.47. The Bertz CT molecular complexity index is 774. The van der Waals surface area contributed by atoms with Crippen molar-refractivity contribution >= 4 is 35.2 Å². The van der Waals surface area contributed by atoms with Gasteiger partial charge in [0.1, 0.15) is 5.82 Å². The van der Waals surface area contributed by atoms with Crippen LogP contribution in [0.1, 0.15) is 12.8 Å². The number of rotatable bonds is 2. The highest BCUT2D eigenvalue weighted by Crippen LogP contribution is 2.41. The summed E-state index contributed by atoms with van der Waals surface area (Å²) in [4.78, 5) is 5.62. The lowest BCUT2D eigenvalue weighted by molar-refractivity contribution is 0.629. The second-order valence-corrected chi connectivity index (χ2v) is 6.54. The minimum Gasteiger partial charge on any atom is -0.324 e. The third-order valence-electron chi connectivity index (χ3n) is 3.63. The topological polar surface area (TPSA) is 36.4 Å². The first kappa shape index (κ1) is 13.9. The number of aliphatic imine (C=N–C) groups is 1. The molecule has 0 unspecified atom stereocenters. The van der Waals surface area contributed by atoms with E-state index in [1.807, 2.05) is 24.3 Å². The van der Waals surface area contributed by atoms with E-state index >= 15 is 0 Å². The highest BCUT2D eigenvalue weighted by atomic mass is 35.5. The molecule has 0 amide bonds. The lowest BCUT2D eigenvalue weighted by atomic mass is 10.0. The van der Waals surface area contributed by atoms with Gasteiger partial charge in [-0.15, -0.1) is 0 Å². The monoisotopic (exact) mass is 333 g/mol. The predicted octanol–water partition coefficient (Wildman–Crippen LogP) is 4.69. The highest BCUT2D eigenvalue weighted by molar-refractivity contribution is 7.98. The summed E-state index contributed by atoms with van der Waals surface area (Å²) in [5, 5.41) is 3.46. The Morgan fingerprint density at radius 1 is 1.14 bits per heavy atom. The number of para-hydroxylation sites is 1. The van der Waals surface area contributed by atoms with Crippen LogP contribution in [0.2, 0.25) is 5.02 Å². The van der Waals surface area contributed by atoms with Gasteiger partial charge in [0.05, 0.1) is 21.6 Å². The van der Waals surface area contributed by atoms with E-state index < -0.39 is 5.82 Å². The molecule has 0 spiro atoms. The van der Waals surface area contributed by atoms with Gasteiger partial charge in [-0.1, -0.05) is 35.9 Å². The number of benzene rings is 2. The smallest absolute Gasteiger partial charge is 0.206 e. The first-order valence-electron chi connectivity index (χ1n) is 7.07. The number of guanidine groups is 1. The van der Waals surface area contributed by atoms with Gasteiger partial charge in [0.15, 0.2) is 0 Å². The Labute approximate surface area is 137 Å². The minimum absolute atomic E-state index is 0.141. The Hall–Kier alpha value is -1.72. The van der Waals surface area contributed by atoms with Crippen LogP contribution in [0.5, 0.6) is 0 Å². The van der Waals surface area contributed by atoms with E-state index in [2.05, 4.69) is 15.0 Å². The Balaban J connectivity index is 1.80. The van der Waals surface area contributed by atoms with Gasteiger partial charge in [0, 0.05) is 11.1 Å². The maximum Gasteiger partial charge on any atom is 0.206 e. The zero-order chi connectivity index (χ0) is 15.1.